The lowest BCUT2D eigenvalue weighted by Gasteiger charge is -2.36. The predicted molar refractivity (Wildman–Crippen MR) is 217 cm³/mol. The summed E-state index contributed by atoms with van der Waals surface area (Å²) in [5, 5.41) is 2.64. The second-order valence-electron chi connectivity index (χ2n) is 13.5. The molecule has 0 radical (unpaired) electrons. The van der Waals surface area contributed by atoms with Crippen LogP contribution in [0, 0.1) is 0 Å². The highest BCUT2D eigenvalue weighted by Gasteiger charge is 2.51. The van der Waals surface area contributed by atoms with Crippen LogP contribution in [0.15, 0.2) is 200 Å². The molecule has 1 aromatic heterocycles. The Bertz CT molecular complexity index is 2620. The standard InChI is InChI=1S/C49H35NS/c1-4-18-34(19-5-1)37-24-12-15-31-44(37)50(36-22-8-3-9-23-36)45-32-16-27-40-47-43(30-17-33-46(47)51-48(40)45)49(35-20-6-2-7-21-35)41-28-13-10-25-38(41)39-26-11-14-29-42(39)49/h1-25,27-33,39H,26H2. The fourth-order valence-electron chi connectivity index (χ4n) is 8.91. The van der Waals surface area contributed by atoms with E-state index in [1.165, 1.54) is 64.8 Å². The topological polar surface area (TPSA) is 3.24 Å². The molecule has 0 saturated carbocycles. The van der Waals surface area contributed by atoms with Gasteiger partial charge in [0.2, 0.25) is 0 Å². The number of hydrogen-bond acceptors (Lipinski definition) is 2. The molecular weight excluding hydrogens is 635 g/mol. The number of benzene rings is 7. The Labute approximate surface area is 303 Å². The monoisotopic (exact) mass is 669 g/mol. The third-order valence-electron chi connectivity index (χ3n) is 10.9. The van der Waals surface area contributed by atoms with Crippen molar-refractivity contribution in [2.45, 2.75) is 17.8 Å². The Morgan fingerprint density at radius 3 is 2.08 bits per heavy atom. The Kier molecular flexibility index (Phi) is 7.11. The van der Waals surface area contributed by atoms with Crippen molar-refractivity contribution in [1.82, 2.24) is 0 Å². The highest BCUT2D eigenvalue weighted by molar-refractivity contribution is 7.26. The molecule has 2 heteroatoms. The van der Waals surface area contributed by atoms with E-state index in [2.05, 4.69) is 199 Å². The van der Waals surface area contributed by atoms with Crippen molar-refractivity contribution < 1.29 is 0 Å². The molecule has 2 unspecified atom stereocenters. The van der Waals surface area contributed by atoms with E-state index in [9.17, 15) is 0 Å². The number of nitrogens with zero attached hydrogens (tertiary/aromatic N) is 1. The second-order valence-corrected chi connectivity index (χ2v) is 14.6. The molecule has 2 atom stereocenters. The zero-order chi connectivity index (χ0) is 33.8. The van der Waals surface area contributed by atoms with Gasteiger partial charge in [-0.2, -0.15) is 0 Å². The van der Waals surface area contributed by atoms with Crippen LogP contribution in [0.25, 0.3) is 31.3 Å². The van der Waals surface area contributed by atoms with Crippen LogP contribution in [0.2, 0.25) is 0 Å². The van der Waals surface area contributed by atoms with Gasteiger partial charge < -0.3 is 4.90 Å². The maximum absolute atomic E-state index is 2.46. The lowest BCUT2D eigenvalue weighted by atomic mass is 9.65. The van der Waals surface area contributed by atoms with Crippen molar-refractivity contribution in [2.75, 3.05) is 4.90 Å². The number of rotatable bonds is 6. The van der Waals surface area contributed by atoms with Crippen molar-refractivity contribution in [3.05, 3.63) is 222 Å². The average Bonchev–Trinajstić information content (AvgIpc) is 3.74. The van der Waals surface area contributed by atoms with E-state index in [0.29, 0.717) is 5.92 Å². The van der Waals surface area contributed by atoms with Crippen LogP contribution in [0.5, 0.6) is 0 Å². The van der Waals surface area contributed by atoms with Gasteiger partial charge in [-0.1, -0.05) is 164 Å². The molecule has 7 aromatic carbocycles. The van der Waals surface area contributed by atoms with Gasteiger partial charge in [0, 0.05) is 32.6 Å². The third kappa shape index (κ3) is 4.53. The number of anilines is 3. The summed E-state index contributed by atoms with van der Waals surface area (Å²) in [5.41, 5.74) is 12.5. The molecular formula is C49H35NS. The van der Waals surface area contributed by atoms with Crippen molar-refractivity contribution in [3.63, 3.8) is 0 Å². The minimum Gasteiger partial charge on any atom is -0.308 e. The first-order valence-corrected chi connectivity index (χ1v) is 18.6. The van der Waals surface area contributed by atoms with Crippen LogP contribution in [0.3, 0.4) is 0 Å². The number of para-hydroxylation sites is 2. The molecule has 0 saturated heterocycles. The minimum atomic E-state index is -0.407. The fraction of sp³-hybridized carbons (Fsp3) is 0.0612. The Morgan fingerprint density at radius 2 is 1.24 bits per heavy atom. The molecule has 10 rings (SSSR count). The van der Waals surface area contributed by atoms with Gasteiger partial charge in [0.25, 0.3) is 0 Å². The zero-order valence-corrected chi connectivity index (χ0v) is 28.9. The van der Waals surface area contributed by atoms with Gasteiger partial charge in [-0.15, -0.1) is 11.3 Å². The quantitative estimate of drug-likeness (QED) is 0.170. The highest BCUT2D eigenvalue weighted by atomic mass is 32.1. The zero-order valence-electron chi connectivity index (χ0n) is 28.1. The van der Waals surface area contributed by atoms with Crippen molar-refractivity contribution in [1.29, 1.82) is 0 Å². The largest absolute Gasteiger partial charge is 0.308 e. The van der Waals surface area contributed by atoms with E-state index in [4.69, 9.17) is 0 Å². The summed E-state index contributed by atoms with van der Waals surface area (Å²) >= 11 is 1.91. The normalized spacial score (nSPS) is 17.6. The molecule has 0 aliphatic heterocycles. The lowest BCUT2D eigenvalue weighted by Crippen LogP contribution is -2.30. The summed E-state index contributed by atoms with van der Waals surface area (Å²) in [4.78, 5) is 2.46. The van der Waals surface area contributed by atoms with E-state index in [1.807, 2.05) is 11.3 Å². The molecule has 51 heavy (non-hydrogen) atoms. The van der Waals surface area contributed by atoms with Crippen LogP contribution in [-0.4, -0.2) is 0 Å². The summed E-state index contributed by atoms with van der Waals surface area (Å²) in [5.74, 6) is 0.352. The third-order valence-corrected chi connectivity index (χ3v) is 12.1. The summed E-state index contributed by atoms with van der Waals surface area (Å²) in [7, 11) is 0. The Balaban J connectivity index is 1.28. The molecule has 1 nitrogen and oxygen atoms in total. The molecule has 8 aromatic rings. The number of allylic oxidation sites excluding steroid dienone is 4. The molecule has 2 aliphatic carbocycles. The van der Waals surface area contributed by atoms with E-state index in [0.717, 1.165) is 17.8 Å². The van der Waals surface area contributed by atoms with E-state index < -0.39 is 5.41 Å². The van der Waals surface area contributed by atoms with Crippen LogP contribution in [0.4, 0.5) is 17.1 Å². The summed E-state index contributed by atoms with van der Waals surface area (Å²) in [6.45, 7) is 0. The second kappa shape index (κ2) is 12.1. The molecule has 0 bridgehead atoms. The lowest BCUT2D eigenvalue weighted by molar-refractivity contribution is 0.698. The van der Waals surface area contributed by atoms with Gasteiger partial charge in [0.05, 0.1) is 21.5 Å². The SMILES string of the molecule is C1=CCC2C(=C1)C(c1ccccc1)(c1cccc3sc4c(N(c5ccccc5)c5ccccc5-c5ccccc5)cccc4c13)c1ccccc12. The van der Waals surface area contributed by atoms with Gasteiger partial charge >= 0.3 is 0 Å². The van der Waals surface area contributed by atoms with Crippen LogP contribution >= 0.6 is 11.3 Å². The number of hydrogen-bond donors (Lipinski definition) is 0. The van der Waals surface area contributed by atoms with E-state index in [-0.39, 0.29) is 0 Å². The first-order valence-electron chi connectivity index (χ1n) is 17.8. The first-order chi connectivity index (χ1) is 25.3. The summed E-state index contributed by atoms with van der Waals surface area (Å²) < 4.78 is 2.60. The Hall–Kier alpha value is -5.96. The van der Waals surface area contributed by atoms with Gasteiger partial charge in [0.1, 0.15) is 0 Å². The van der Waals surface area contributed by atoms with E-state index >= 15 is 0 Å². The van der Waals surface area contributed by atoms with Gasteiger partial charge in [-0.25, -0.2) is 0 Å². The van der Waals surface area contributed by atoms with Crippen LogP contribution < -0.4 is 4.90 Å². The molecule has 0 fully saturated rings. The van der Waals surface area contributed by atoms with Gasteiger partial charge in [0.15, 0.2) is 0 Å². The predicted octanol–water partition coefficient (Wildman–Crippen LogP) is 13.5. The van der Waals surface area contributed by atoms with E-state index in [1.54, 1.807) is 0 Å². The maximum atomic E-state index is 2.46. The molecule has 2 aliphatic rings. The van der Waals surface area contributed by atoms with Crippen molar-refractivity contribution in [2.24, 2.45) is 0 Å². The molecule has 242 valence electrons. The Morgan fingerprint density at radius 1 is 0.569 bits per heavy atom. The first kappa shape index (κ1) is 29.9. The summed E-state index contributed by atoms with van der Waals surface area (Å²) in [6.07, 6.45) is 8.05. The van der Waals surface area contributed by atoms with Gasteiger partial charge in [-0.3, -0.25) is 0 Å². The van der Waals surface area contributed by atoms with Crippen molar-refractivity contribution in [3.8, 4) is 11.1 Å². The van der Waals surface area contributed by atoms with Crippen molar-refractivity contribution >= 4 is 48.6 Å². The highest BCUT2D eigenvalue weighted by Crippen LogP contribution is 2.61. The fourth-order valence-corrected chi connectivity index (χ4v) is 10.1. The minimum absolute atomic E-state index is 0.352. The van der Waals surface area contributed by atoms with Gasteiger partial charge in [-0.05, 0) is 70.1 Å². The average molecular weight is 670 g/mol. The molecule has 0 spiro atoms. The van der Waals surface area contributed by atoms with Crippen LogP contribution in [-0.2, 0) is 5.41 Å². The smallest absolute Gasteiger partial charge is 0.0680 e. The maximum Gasteiger partial charge on any atom is 0.0680 e. The molecule has 0 N–H and O–H groups in total. The molecule has 1 heterocycles. The van der Waals surface area contributed by atoms with Crippen LogP contribution in [0.1, 0.15) is 34.6 Å². The number of fused-ring (bicyclic) bond motifs is 6. The summed E-state index contributed by atoms with van der Waals surface area (Å²) in [6, 6.07) is 64.7. The molecule has 0 amide bonds. The number of thiophene rings is 1.